The molecule has 0 saturated carbocycles. The van der Waals surface area contributed by atoms with Crippen LogP contribution in [0.1, 0.15) is 0 Å². The minimum atomic E-state index is 0.931. The minimum Gasteiger partial charge on any atom is -0.464 e. The second-order valence-electron chi connectivity index (χ2n) is 3.65. The van der Waals surface area contributed by atoms with Crippen molar-refractivity contribution in [3.05, 3.63) is 59.3 Å². The predicted octanol–water partition coefficient (Wildman–Crippen LogP) is 4.86. The van der Waals surface area contributed by atoms with Crippen molar-refractivity contribution in [1.29, 1.82) is 0 Å². The van der Waals surface area contributed by atoms with Crippen molar-refractivity contribution in [2.75, 3.05) is 0 Å². The van der Waals surface area contributed by atoms with Crippen LogP contribution in [-0.4, -0.2) is 0 Å². The lowest BCUT2D eigenvalue weighted by molar-refractivity contribution is 0.617. The van der Waals surface area contributed by atoms with Crippen LogP contribution in [0.5, 0.6) is 0 Å². The van der Waals surface area contributed by atoms with E-state index >= 15 is 0 Å². The Morgan fingerprint density at radius 3 is 2.44 bits per heavy atom. The van der Waals surface area contributed by atoms with Crippen molar-refractivity contribution in [1.82, 2.24) is 0 Å². The van der Waals surface area contributed by atoms with Gasteiger partial charge in [-0.25, -0.2) is 0 Å². The molecular formula is C14H9BrO. The summed E-state index contributed by atoms with van der Waals surface area (Å²) in [6.45, 7) is 0. The van der Waals surface area contributed by atoms with E-state index in [1.165, 1.54) is 5.56 Å². The van der Waals surface area contributed by atoms with E-state index in [0.29, 0.717) is 0 Å². The van der Waals surface area contributed by atoms with Crippen molar-refractivity contribution in [2.45, 2.75) is 0 Å². The van der Waals surface area contributed by atoms with Crippen LogP contribution in [0.2, 0.25) is 0 Å². The van der Waals surface area contributed by atoms with Gasteiger partial charge in [-0.15, -0.1) is 0 Å². The summed E-state index contributed by atoms with van der Waals surface area (Å²) in [5.41, 5.74) is 3.25. The van der Waals surface area contributed by atoms with Gasteiger partial charge in [0.2, 0.25) is 0 Å². The molecule has 78 valence electrons. The minimum absolute atomic E-state index is 0.931. The maximum atomic E-state index is 5.52. The standard InChI is InChI=1S/C14H9BrO/c15-11-7-5-10(6-8-11)13-9-16-14-4-2-1-3-12(13)14/h1-9H. The third-order valence-electron chi connectivity index (χ3n) is 2.64. The van der Waals surface area contributed by atoms with Gasteiger partial charge in [0.15, 0.2) is 0 Å². The molecule has 1 aromatic heterocycles. The van der Waals surface area contributed by atoms with Crippen LogP contribution < -0.4 is 0 Å². The van der Waals surface area contributed by atoms with Gasteiger partial charge in [-0.1, -0.05) is 46.3 Å². The topological polar surface area (TPSA) is 13.1 Å². The Bertz CT molecular complexity index is 623. The van der Waals surface area contributed by atoms with Crippen LogP contribution >= 0.6 is 15.9 Å². The molecule has 0 aliphatic rings. The van der Waals surface area contributed by atoms with E-state index in [1.54, 1.807) is 0 Å². The van der Waals surface area contributed by atoms with Crippen LogP contribution in [0, 0.1) is 0 Å². The first kappa shape index (κ1) is 9.67. The number of fused-ring (bicyclic) bond motifs is 1. The van der Waals surface area contributed by atoms with Crippen molar-refractivity contribution >= 4 is 26.9 Å². The molecule has 0 saturated heterocycles. The smallest absolute Gasteiger partial charge is 0.134 e. The molecular weight excluding hydrogens is 264 g/mol. The van der Waals surface area contributed by atoms with Crippen LogP contribution in [0.25, 0.3) is 22.1 Å². The zero-order valence-electron chi connectivity index (χ0n) is 8.48. The van der Waals surface area contributed by atoms with Gasteiger partial charge in [0.05, 0.1) is 6.26 Å². The molecule has 3 rings (SSSR count). The molecule has 0 fully saturated rings. The zero-order chi connectivity index (χ0) is 11.0. The SMILES string of the molecule is Brc1ccc(-c2coc3ccccc23)cc1. The molecule has 0 unspecified atom stereocenters. The number of para-hydroxylation sites is 1. The van der Waals surface area contributed by atoms with Gasteiger partial charge in [0.25, 0.3) is 0 Å². The molecule has 1 heterocycles. The highest BCUT2D eigenvalue weighted by Gasteiger charge is 2.06. The first-order valence-electron chi connectivity index (χ1n) is 5.07. The fourth-order valence-electron chi connectivity index (χ4n) is 1.83. The monoisotopic (exact) mass is 272 g/mol. The van der Waals surface area contributed by atoms with E-state index < -0.39 is 0 Å². The molecule has 1 nitrogen and oxygen atoms in total. The highest BCUT2D eigenvalue weighted by atomic mass is 79.9. The van der Waals surface area contributed by atoms with E-state index in [4.69, 9.17) is 4.42 Å². The maximum absolute atomic E-state index is 5.52. The average molecular weight is 273 g/mol. The predicted molar refractivity (Wildman–Crippen MR) is 69.4 cm³/mol. The molecule has 0 spiro atoms. The van der Waals surface area contributed by atoms with Crippen LogP contribution in [0.15, 0.2) is 63.7 Å². The molecule has 3 aromatic rings. The largest absolute Gasteiger partial charge is 0.464 e. The molecule has 2 heteroatoms. The highest BCUT2D eigenvalue weighted by Crippen LogP contribution is 2.30. The zero-order valence-corrected chi connectivity index (χ0v) is 10.1. The molecule has 16 heavy (non-hydrogen) atoms. The third-order valence-corrected chi connectivity index (χ3v) is 3.16. The van der Waals surface area contributed by atoms with Crippen molar-refractivity contribution in [2.24, 2.45) is 0 Å². The van der Waals surface area contributed by atoms with Gasteiger partial charge in [-0.3, -0.25) is 0 Å². The van der Waals surface area contributed by atoms with E-state index in [9.17, 15) is 0 Å². The van der Waals surface area contributed by atoms with Crippen LogP contribution in [0.4, 0.5) is 0 Å². The Morgan fingerprint density at radius 1 is 0.875 bits per heavy atom. The summed E-state index contributed by atoms with van der Waals surface area (Å²) in [5.74, 6) is 0. The van der Waals surface area contributed by atoms with E-state index in [1.807, 2.05) is 36.6 Å². The van der Waals surface area contributed by atoms with E-state index in [2.05, 4.69) is 34.1 Å². The second kappa shape index (κ2) is 3.80. The maximum Gasteiger partial charge on any atom is 0.134 e. The molecule has 2 aromatic carbocycles. The van der Waals surface area contributed by atoms with Gasteiger partial charge in [0.1, 0.15) is 5.58 Å². The van der Waals surface area contributed by atoms with Gasteiger partial charge in [-0.2, -0.15) is 0 Å². The molecule has 0 N–H and O–H groups in total. The van der Waals surface area contributed by atoms with Gasteiger partial charge in [-0.05, 0) is 23.8 Å². The Balaban J connectivity index is 2.22. The number of furan rings is 1. The van der Waals surface area contributed by atoms with E-state index in [-0.39, 0.29) is 0 Å². The Hall–Kier alpha value is -1.54. The first-order valence-corrected chi connectivity index (χ1v) is 5.86. The molecule has 0 aliphatic carbocycles. The quantitative estimate of drug-likeness (QED) is 0.617. The fraction of sp³-hybridized carbons (Fsp3) is 0. The Kier molecular flexibility index (Phi) is 2.29. The van der Waals surface area contributed by atoms with Crippen LogP contribution in [0.3, 0.4) is 0 Å². The lowest BCUT2D eigenvalue weighted by Gasteiger charge is -1.98. The summed E-state index contributed by atoms with van der Waals surface area (Å²) in [4.78, 5) is 0. The number of hydrogen-bond acceptors (Lipinski definition) is 1. The summed E-state index contributed by atoms with van der Waals surface area (Å²) >= 11 is 3.44. The summed E-state index contributed by atoms with van der Waals surface area (Å²) in [5, 5.41) is 1.16. The Labute approximate surface area is 102 Å². The van der Waals surface area contributed by atoms with Crippen molar-refractivity contribution < 1.29 is 4.42 Å². The van der Waals surface area contributed by atoms with Gasteiger partial charge >= 0.3 is 0 Å². The molecule has 0 amide bonds. The third kappa shape index (κ3) is 1.55. The summed E-state index contributed by atoms with van der Waals surface area (Å²) in [7, 11) is 0. The molecule has 0 atom stereocenters. The van der Waals surface area contributed by atoms with Gasteiger partial charge in [0, 0.05) is 15.4 Å². The lowest BCUT2D eigenvalue weighted by atomic mass is 10.1. The number of benzene rings is 2. The van der Waals surface area contributed by atoms with E-state index in [0.717, 1.165) is 21.0 Å². The molecule has 0 bridgehead atoms. The number of rotatable bonds is 1. The second-order valence-corrected chi connectivity index (χ2v) is 4.57. The van der Waals surface area contributed by atoms with Crippen molar-refractivity contribution in [3.63, 3.8) is 0 Å². The van der Waals surface area contributed by atoms with Crippen molar-refractivity contribution in [3.8, 4) is 11.1 Å². The normalized spacial score (nSPS) is 10.8. The summed E-state index contributed by atoms with van der Waals surface area (Å²) in [6, 6.07) is 16.3. The molecule has 0 radical (unpaired) electrons. The average Bonchev–Trinajstić information content (AvgIpc) is 2.74. The van der Waals surface area contributed by atoms with Crippen LogP contribution in [-0.2, 0) is 0 Å². The summed E-state index contributed by atoms with van der Waals surface area (Å²) < 4.78 is 6.61. The summed E-state index contributed by atoms with van der Waals surface area (Å²) in [6.07, 6.45) is 1.81. The molecule has 0 aliphatic heterocycles. The number of halogens is 1. The van der Waals surface area contributed by atoms with Gasteiger partial charge < -0.3 is 4.42 Å². The Morgan fingerprint density at radius 2 is 1.62 bits per heavy atom. The number of hydrogen-bond donors (Lipinski definition) is 0. The fourth-order valence-corrected chi connectivity index (χ4v) is 2.10. The highest BCUT2D eigenvalue weighted by molar-refractivity contribution is 9.10. The lowest BCUT2D eigenvalue weighted by Crippen LogP contribution is -1.74. The first-order chi connectivity index (χ1) is 7.84.